The highest BCUT2D eigenvalue weighted by atomic mass is 79.9. The first-order chi connectivity index (χ1) is 4.66. The van der Waals surface area contributed by atoms with E-state index in [1.807, 2.05) is 13.8 Å². The van der Waals surface area contributed by atoms with Gasteiger partial charge in [0.05, 0.1) is 11.0 Å². The molecule has 2 nitrogen and oxygen atoms in total. The van der Waals surface area contributed by atoms with E-state index in [9.17, 15) is 0 Å². The molecule has 1 rings (SSSR count). The van der Waals surface area contributed by atoms with Crippen LogP contribution < -0.4 is 5.73 Å². The number of hydrogen-bond acceptors (Lipinski definition) is 2. The lowest BCUT2D eigenvalue weighted by atomic mass is 10.3. The Morgan fingerprint density at radius 2 is 2.10 bits per heavy atom. The number of furan rings is 1. The van der Waals surface area contributed by atoms with Gasteiger partial charge in [0.2, 0.25) is 0 Å². The average molecular weight is 204 g/mol. The molecule has 0 bridgehead atoms. The standard InChI is InChI=1S/C7H10BrNO/c1-4-6(3-9)10-5(2)7(4)8/h3,9H2,1-2H3. The van der Waals surface area contributed by atoms with Crippen LogP contribution in [0.1, 0.15) is 17.1 Å². The lowest BCUT2D eigenvalue weighted by Crippen LogP contribution is -1.95. The molecule has 0 spiro atoms. The maximum Gasteiger partial charge on any atom is 0.121 e. The van der Waals surface area contributed by atoms with Gasteiger partial charge in [0.15, 0.2) is 0 Å². The van der Waals surface area contributed by atoms with E-state index in [1.54, 1.807) is 0 Å². The first-order valence-electron chi connectivity index (χ1n) is 3.11. The highest BCUT2D eigenvalue weighted by Gasteiger charge is 2.08. The number of rotatable bonds is 1. The minimum Gasteiger partial charge on any atom is -0.464 e. The zero-order chi connectivity index (χ0) is 7.72. The molecule has 0 saturated heterocycles. The first kappa shape index (κ1) is 7.82. The fourth-order valence-corrected chi connectivity index (χ4v) is 1.19. The second-order valence-corrected chi connectivity index (χ2v) is 3.02. The summed E-state index contributed by atoms with van der Waals surface area (Å²) < 4.78 is 6.36. The maximum absolute atomic E-state index is 5.42. The molecule has 0 atom stereocenters. The predicted molar refractivity (Wildman–Crippen MR) is 43.8 cm³/mol. The van der Waals surface area contributed by atoms with Crippen molar-refractivity contribution in [3.8, 4) is 0 Å². The molecule has 0 aliphatic heterocycles. The van der Waals surface area contributed by atoms with Crippen molar-refractivity contribution in [2.24, 2.45) is 5.73 Å². The van der Waals surface area contributed by atoms with Crippen molar-refractivity contribution in [2.45, 2.75) is 20.4 Å². The molecule has 1 aromatic rings. The van der Waals surface area contributed by atoms with Crippen LogP contribution in [-0.4, -0.2) is 0 Å². The minimum atomic E-state index is 0.471. The molecule has 1 heterocycles. The van der Waals surface area contributed by atoms with E-state index in [2.05, 4.69) is 15.9 Å². The van der Waals surface area contributed by atoms with Crippen LogP contribution in [0.5, 0.6) is 0 Å². The van der Waals surface area contributed by atoms with E-state index in [0.717, 1.165) is 21.6 Å². The van der Waals surface area contributed by atoms with Gasteiger partial charge in [0, 0.05) is 5.56 Å². The van der Waals surface area contributed by atoms with Crippen LogP contribution in [0.4, 0.5) is 0 Å². The van der Waals surface area contributed by atoms with Gasteiger partial charge in [-0.2, -0.15) is 0 Å². The molecule has 0 aliphatic rings. The van der Waals surface area contributed by atoms with Gasteiger partial charge in [0.25, 0.3) is 0 Å². The van der Waals surface area contributed by atoms with Gasteiger partial charge in [-0.3, -0.25) is 0 Å². The summed E-state index contributed by atoms with van der Waals surface area (Å²) in [7, 11) is 0. The zero-order valence-electron chi connectivity index (χ0n) is 6.07. The van der Waals surface area contributed by atoms with Crippen LogP contribution in [0.15, 0.2) is 8.89 Å². The fourth-order valence-electron chi connectivity index (χ4n) is 0.887. The lowest BCUT2D eigenvalue weighted by molar-refractivity contribution is 0.482. The van der Waals surface area contributed by atoms with E-state index in [0.29, 0.717) is 6.54 Å². The average Bonchev–Trinajstić information content (AvgIpc) is 2.17. The normalized spacial score (nSPS) is 10.4. The molecule has 3 heteroatoms. The molecule has 0 saturated carbocycles. The monoisotopic (exact) mass is 203 g/mol. The number of halogens is 1. The van der Waals surface area contributed by atoms with Crippen LogP contribution in [0.25, 0.3) is 0 Å². The summed E-state index contributed by atoms with van der Waals surface area (Å²) in [5.41, 5.74) is 6.53. The highest BCUT2D eigenvalue weighted by Crippen LogP contribution is 2.26. The molecule has 10 heavy (non-hydrogen) atoms. The second kappa shape index (κ2) is 2.76. The Hall–Kier alpha value is -0.280. The van der Waals surface area contributed by atoms with Gasteiger partial charge in [-0.05, 0) is 29.8 Å². The van der Waals surface area contributed by atoms with E-state index in [4.69, 9.17) is 10.2 Å². The Kier molecular flexibility index (Phi) is 2.16. The van der Waals surface area contributed by atoms with Gasteiger partial charge in [-0.15, -0.1) is 0 Å². The Bertz CT molecular complexity index is 242. The van der Waals surface area contributed by atoms with Crippen LogP contribution in [0.2, 0.25) is 0 Å². The van der Waals surface area contributed by atoms with Crippen molar-refractivity contribution in [3.63, 3.8) is 0 Å². The van der Waals surface area contributed by atoms with Gasteiger partial charge in [-0.25, -0.2) is 0 Å². The molecule has 2 N–H and O–H groups in total. The summed E-state index contributed by atoms with van der Waals surface area (Å²) in [6.45, 7) is 4.37. The third kappa shape index (κ3) is 1.11. The molecular weight excluding hydrogens is 194 g/mol. The Morgan fingerprint density at radius 3 is 2.30 bits per heavy atom. The molecule has 0 amide bonds. The summed E-state index contributed by atoms with van der Waals surface area (Å²) in [4.78, 5) is 0. The molecule has 0 fully saturated rings. The van der Waals surface area contributed by atoms with Crippen LogP contribution >= 0.6 is 15.9 Å². The first-order valence-corrected chi connectivity index (χ1v) is 3.90. The maximum atomic E-state index is 5.42. The summed E-state index contributed by atoms with van der Waals surface area (Å²) in [5.74, 6) is 1.77. The summed E-state index contributed by atoms with van der Waals surface area (Å²) in [6.07, 6.45) is 0. The molecule has 56 valence electrons. The van der Waals surface area contributed by atoms with Crippen molar-refractivity contribution >= 4 is 15.9 Å². The van der Waals surface area contributed by atoms with E-state index < -0.39 is 0 Å². The third-order valence-corrected chi connectivity index (χ3v) is 2.67. The predicted octanol–water partition coefficient (Wildman–Crippen LogP) is 2.12. The largest absolute Gasteiger partial charge is 0.464 e. The second-order valence-electron chi connectivity index (χ2n) is 2.22. The molecule has 0 unspecified atom stereocenters. The quantitative estimate of drug-likeness (QED) is 0.760. The Labute approximate surface area is 68.5 Å². The van der Waals surface area contributed by atoms with Crippen molar-refractivity contribution in [2.75, 3.05) is 0 Å². The lowest BCUT2D eigenvalue weighted by Gasteiger charge is -1.88. The molecule has 0 aromatic carbocycles. The topological polar surface area (TPSA) is 39.2 Å². The zero-order valence-corrected chi connectivity index (χ0v) is 7.66. The minimum absolute atomic E-state index is 0.471. The molecule has 0 aliphatic carbocycles. The number of hydrogen-bond donors (Lipinski definition) is 1. The van der Waals surface area contributed by atoms with Crippen molar-refractivity contribution in [3.05, 3.63) is 21.6 Å². The van der Waals surface area contributed by atoms with Gasteiger partial charge in [-0.1, -0.05) is 0 Å². The van der Waals surface area contributed by atoms with Crippen molar-refractivity contribution in [1.29, 1.82) is 0 Å². The summed E-state index contributed by atoms with van der Waals surface area (Å²) in [6, 6.07) is 0. The van der Waals surface area contributed by atoms with E-state index in [-0.39, 0.29) is 0 Å². The van der Waals surface area contributed by atoms with Gasteiger partial charge in [0.1, 0.15) is 11.5 Å². The summed E-state index contributed by atoms with van der Waals surface area (Å²) >= 11 is 3.39. The van der Waals surface area contributed by atoms with Gasteiger partial charge >= 0.3 is 0 Å². The van der Waals surface area contributed by atoms with Crippen LogP contribution in [0, 0.1) is 13.8 Å². The Morgan fingerprint density at radius 1 is 1.50 bits per heavy atom. The highest BCUT2D eigenvalue weighted by molar-refractivity contribution is 9.10. The van der Waals surface area contributed by atoms with Crippen molar-refractivity contribution in [1.82, 2.24) is 0 Å². The van der Waals surface area contributed by atoms with Crippen LogP contribution in [0.3, 0.4) is 0 Å². The fraction of sp³-hybridized carbons (Fsp3) is 0.429. The molecule has 0 radical (unpaired) electrons. The van der Waals surface area contributed by atoms with Crippen molar-refractivity contribution < 1.29 is 4.42 Å². The smallest absolute Gasteiger partial charge is 0.121 e. The van der Waals surface area contributed by atoms with E-state index in [1.165, 1.54) is 0 Å². The van der Waals surface area contributed by atoms with Crippen LogP contribution in [-0.2, 0) is 6.54 Å². The van der Waals surface area contributed by atoms with E-state index >= 15 is 0 Å². The third-order valence-electron chi connectivity index (χ3n) is 1.52. The number of aryl methyl sites for hydroxylation is 1. The molecule has 1 aromatic heterocycles. The number of nitrogens with two attached hydrogens (primary N) is 1. The Balaban J connectivity index is 3.17. The summed E-state index contributed by atoms with van der Waals surface area (Å²) in [5, 5.41) is 0. The SMILES string of the molecule is Cc1oc(CN)c(C)c1Br. The van der Waals surface area contributed by atoms with Gasteiger partial charge < -0.3 is 10.2 Å². The molecular formula is C7H10BrNO.